The van der Waals surface area contributed by atoms with Gasteiger partial charge in [0.1, 0.15) is 0 Å². The Morgan fingerprint density at radius 1 is 1.50 bits per heavy atom. The van der Waals surface area contributed by atoms with Crippen LogP contribution in [-0.4, -0.2) is 30.5 Å². The van der Waals surface area contributed by atoms with Gasteiger partial charge in [0.15, 0.2) is 5.17 Å². The number of rotatable bonds is 2. The first-order chi connectivity index (χ1) is 8.31. The van der Waals surface area contributed by atoms with Crippen molar-refractivity contribution in [2.75, 3.05) is 35.5 Å². The highest BCUT2D eigenvalue weighted by Gasteiger charge is 2.15. The highest BCUT2D eigenvalue weighted by molar-refractivity contribution is 14.0. The van der Waals surface area contributed by atoms with Crippen LogP contribution in [0.15, 0.2) is 24.3 Å². The van der Waals surface area contributed by atoms with Crippen molar-refractivity contribution in [2.45, 2.75) is 0 Å². The molecule has 0 spiro atoms. The standard InChI is InChI=1S/C11H15N3OS2.HI/c1-16-11(12)13-9-4-2-3-5-10(9)14-6-7-15-17-8-14;/h2-5H,6-8H2,1H3,(H2,12,13);1H. The van der Waals surface area contributed by atoms with Crippen molar-refractivity contribution in [1.82, 2.24) is 0 Å². The van der Waals surface area contributed by atoms with Crippen LogP contribution in [0.3, 0.4) is 0 Å². The Kier molecular flexibility index (Phi) is 7.20. The molecule has 1 aromatic carbocycles. The highest BCUT2D eigenvalue weighted by Crippen LogP contribution is 2.29. The average Bonchev–Trinajstić information content (AvgIpc) is 2.40. The van der Waals surface area contributed by atoms with Gasteiger partial charge in [0.2, 0.25) is 0 Å². The molecule has 1 saturated heterocycles. The lowest BCUT2D eigenvalue weighted by Gasteiger charge is -2.29. The van der Waals surface area contributed by atoms with Gasteiger partial charge in [-0.3, -0.25) is 5.41 Å². The van der Waals surface area contributed by atoms with E-state index in [9.17, 15) is 0 Å². The molecule has 0 radical (unpaired) electrons. The van der Waals surface area contributed by atoms with Gasteiger partial charge in [-0.1, -0.05) is 23.9 Å². The molecule has 18 heavy (non-hydrogen) atoms. The van der Waals surface area contributed by atoms with E-state index in [1.165, 1.54) is 23.8 Å². The van der Waals surface area contributed by atoms with Crippen LogP contribution in [0.25, 0.3) is 0 Å². The summed E-state index contributed by atoms with van der Waals surface area (Å²) in [5.41, 5.74) is 2.11. The van der Waals surface area contributed by atoms with Crippen molar-refractivity contribution in [3.63, 3.8) is 0 Å². The van der Waals surface area contributed by atoms with Gasteiger partial charge in [0, 0.05) is 18.6 Å². The van der Waals surface area contributed by atoms with E-state index in [1.54, 1.807) is 0 Å². The van der Waals surface area contributed by atoms with Crippen molar-refractivity contribution in [1.29, 1.82) is 5.41 Å². The Bertz CT molecular complexity index is 400. The SMILES string of the molecule is CSC(=N)Nc1ccccc1N1CCOSC1.I. The Balaban J connectivity index is 0.00000162. The van der Waals surface area contributed by atoms with Gasteiger partial charge < -0.3 is 14.4 Å². The molecule has 2 N–H and O–H groups in total. The molecule has 1 aromatic rings. The molecule has 0 saturated carbocycles. The highest BCUT2D eigenvalue weighted by atomic mass is 127. The maximum Gasteiger partial charge on any atom is 0.157 e. The van der Waals surface area contributed by atoms with Crippen molar-refractivity contribution >= 4 is 64.3 Å². The first-order valence-corrected chi connectivity index (χ1v) is 7.43. The number of hydrogen-bond acceptors (Lipinski definition) is 5. The van der Waals surface area contributed by atoms with Crippen LogP contribution in [-0.2, 0) is 4.18 Å². The molecule has 1 aliphatic heterocycles. The summed E-state index contributed by atoms with van der Waals surface area (Å²) in [5.74, 6) is 0.825. The number of thioether (sulfide) groups is 1. The van der Waals surface area contributed by atoms with Gasteiger partial charge in [-0.15, -0.1) is 24.0 Å². The lowest BCUT2D eigenvalue weighted by Crippen LogP contribution is -2.31. The molecule has 0 aliphatic carbocycles. The minimum absolute atomic E-state index is 0. The normalized spacial score (nSPS) is 14.8. The maximum absolute atomic E-state index is 7.69. The number of anilines is 2. The molecule has 100 valence electrons. The van der Waals surface area contributed by atoms with E-state index < -0.39 is 0 Å². The van der Waals surface area contributed by atoms with Crippen LogP contribution in [0.4, 0.5) is 11.4 Å². The van der Waals surface area contributed by atoms with E-state index in [-0.39, 0.29) is 24.0 Å². The number of nitrogens with zero attached hydrogens (tertiary/aromatic N) is 1. The number of hydrogen-bond donors (Lipinski definition) is 2. The molecular weight excluding hydrogens is 381 g/mol. The Morgan fingerprint density at radius 2 is 2.28 bits per heavy atom. The Morgan fingerprint density at radius 3 is 2.94 bits per heavy atom. The summed E-state index contributed by atoms with van der Waals surface area (Å²) in [6.07, 6.45) is 1.89. The first-order valence-electron chi connectivity index (χ1n) is 5.29. The van der Waals surface area contributed by atoms with Gasteiger partial charge in [-0.25, -0.2) is 0 Å². The number of halogens is 1. The zero-order chi connectivity index (χ0) is 12.1. The molecule has 0 unspecified atom stereocenters. The van der Waals surface area contributed by atoms with Gasteiger partial charge in [-0.2, -0.15) is 0 Å². The largest absolute Gasteiger partial charge is 0.356 e. The monoisotopic (exact) mass is 397 g/mol. The summed E-state index contributed by atoms with van der Waals surface area (Å²) in [4.78, 5) is 2.25. The van der Waals surface area contributed by atoms with E-state index in [1.807, 2.05) is 24.5 Å². The summed E-state index contributed by atoms with van der Waals surface area (Å²) < 4.78 is 5.27. The predicted molar refractivity (Wildman–Crippen MR) is 92.5 cm³/mol. The molecule has 7 heteroatoms. The van der Waals surface area contributed by atoms with Gasteiger partial charge in [0.05, 0.1) is 23.9 Å². The fourth-order valence-electron chi connectivity index (χ4n) is 1.59. The minimum Gasteiger partial charge on any atom is -0.356 e. The molecule has 4 nitrogen and oxygen atoms in total. The van der Waals surface area contributed by atoms with Crippen molar-refractivity contribution < 1.29 is 4.18 Å². The fourth-order valence-corrected chi connectivity index (χ4v) is 2.46. The number of amidine groups is 1. The van der Waals surface area contributed by atoms with E-state index >= 15 is 0 Å². The zero-order valence-electron chi connectivity index (χ0n) is 10.0. The average molecular weight is 397 g/mol. The molecule has 1 aliphatic rings. The number of benzene rings is 1. The lowest BCUT2D eigenvalue weighted by atomic mass is 10.2. The molecule has 1 fully saturated rings. The van der Waals surface area contributed by atoms with Gasteiger partial charge in [-0.05, 0) is 18.4 Å². The van der Waals surface area contributed by atoms with Crippen LogP contribution >= 0.6 is 47.8 Å². The molecule has 1 heterocycles. The zero-order valence-corrected chi connectivity index (χ0v) is 14.0. The molecule has 0 aromatic heterocycles. The first kappa shape index (κ1) is 15.9. The fraction of sp³-hybridized carbons (Fsp3) is 0.364. The van der Waals surface area contributed by atoms with E-state index in [0.717, 1.165) is 30.4 Å². The van der Waals surface area contributed by atoms with E-state index in [0.29, 0.717) is 5.17 Å². The van der Waals surface area contributed by atoms with Crippen LogP contribution in [0.2, 0.25) is 0 Å². The summed E-state index contributed by atoms with van der Waals surface area (Å²) in [5, 5.41) is 11.3. The third-order valence-corrected chi connectivity index (χ3v) is 3.69. The summed E-state index contributed by atoms with van der Waals surface area (Å²) >= 11 is 2.87. The summed E-state index contributed by atoms with van der Waals surface area (Å²) in [6.45, 7) is 1.62. The third kappa shape index (κ3) is 4.22. The quantitative estimate of drug-likeness (QED) is 0.347. The topological polar surface area (TPSA) is 48.4 Å². The van der Waals surface area contributed by atoms with Crippen molar-refractivity contribution in [2.24, 2.45) is 0 Å². The summed E-state index contributed by atoms with van der Waals surface area (Å²) in [6, 6.07) is 8.07. The van der Waals surface area contributed by atoms with E-state index in [4.69, 9.17) is 9.59 Å². The van der Waals surface area contributed by atoms with E-state index in [2.05, 4.69) is 16.3 Å². The van der Waals surface area contributed by atoms with Crippen LogP contribution in [0, 0.1) is 5.41 Å². The van der Waals surface area contributed by atoms with Gasteiger partial charge >= 0.3 is 0 Å². The molecule has 0 amide bonds. The second-order valence-corrected chi connectivity index (χ2v) is 5.05. The second-order valence-electron chi connectivity index (χ2n) is 3.51. The van der Waals surface area contributed by atoms with Gasteiger partial charge in [0.25, 0.3) is 0 Å². The van der Waals surface area contributed by atoms with Crippen molar-refractivity contribution in [3.05, 3.63) is 24.3 Å². The van der Waals surface area contributed by atoms with Crippen LogP contribution in [0.1, 0.15) is 0 Å². The van der Waals surface area contributed by atoms with Crippen LogP contribution in [0.5, 0.6) is 0 Å². The maximum atomic E-state index is 7.69. The molecule has 2 rings (SSSR count). The smallest absolute Gasteiger partial charge is 0.157 e. The predicted octanol–water partition coefficient (Wildman–Crippen LogP) is 3.46. The minimum atomic E-state index is 0. The molecule has 0 atom stereocenters. The third-order valence-electron chi connectivity index (χ3n) is 2.43. The van der Waals surface area contributed by atoms with Crippen LogP contribution < -0.4 is 10.2 Å². The molecular formula is C11H16IN3OS2. The number of nitrogens with one attached hydrogen (secondary N) is 2. The van der Waals surface area contributed by atoms with Crippen molar-refractivity contribution in [3.8, 4) is 0 Å². The Labute approximate surface area is 133 Å². The number of para-hydroxylation sites is 2. The molecule has 0 bridgehead atoms. The Hall–Kier alpha value is -0.120. The second kappa shape index (κ2) is 8.13. The summed E-state index contributed by atoms with van der Waals surface area (Å²) in [7, 11) is 0. The lowest BCUT2D eigenvalue weighted by molar-refractivity contribution is 0.367.